The average Bonchev–Trinajstić information content (AvgIpc) is 3.26. The number of nitrogens with zero attached hydrogens (tertiary/aromatic N) is 2. The van der Waals surface area contributed by atoms with Crippen LogP contribution in [0, 0.1) is 6.92 Å². The van der Waals surface area contributed by atoms with Crippen molar-refractivity contribution in [2.24, 2.45) is 0 Å². The van der Waals surface area contributed by atoms with Crippen LogP contribution in [0.4, 0.5) is 0 Å². The molecule has 0 amide bonds. The summed E-state index contributed by atoms with van der Waals surface area (Å²) in [5.74, 6) is 2.14. The van der Waals surface area contributed by atoms with Crippen LogP contribution in [-0.4, -0.2) is 22.2 Å². The van der Waals surface area contributed by atoms with Gasteiger partial charge >= 0.3 is 0 Å². The highest BCUT2D eigenvalue weighted by atomic mass is 79.9. The molecule has 0 fully saturated rings. The molecular weight excluding hydrogens is 406 g/mol. The maximum Gasteiger partial charge on any atom is 0.231 e. The van der Waals surface area contributed by atoms with E-state index in [9.17, 15) is 0 Å². The molecule has 0 saturated carbocycles. The molecule has 138 valence electrons. The molecule has 0 aliphatic heterocycles. The maximum absolute atomic E-state index is 5.55. The SMILES string of the molecule is COc1cccc(C(C)c2noc(Cc3c(C)[nH]c4ccc(Br)cc34)n2)c1. The minimum Gasteiger partial charge on any atom is -0.497 e. The highest BCUT2D eigenvalue weighted by Gasteiger charge is 2.18. The Labute approximate surface area is 165 Å². The third-order valence-electron chi connectivity index (χ3n) is 4.87. The van der Waals surface area contributed by atoms with E-state index in [0.717, 1.165) is 27.0 Å². The molecule has 2 heterocycles. The number of aromatic amines is 1. The Morgan fingerprint density at radius 2 is 2.07 bits per heavy atom. The normalized spacial score (nSPS) is 12.4. The van der Waals surface area contributed by atoms with E-state index in [1.165, 1.54) is 10.9 Å². The second-order valence-corrected chi connectivity index (χ2v) is 7.56. The van der Waals surface area contributed by atoms with E-state index in [2.05, 4.69) is 57.0 Å². The van der Waals surface area contributed by atoms with E-state index < -0.39 is 0 Å². The largest absolute Gasteiger partial charge is 0.497 e. The van der Waals surface area contributed by atoms with Gasteiger partial charge in [-0.05, 0) is 48.4 Å². The Balaban J connectivity index is 1.62. The minimum atomic E-state index is 0.0239. The minimum absolute atomic E-state index is 0.0239. The lowest BCUT2D eigenvalue weighted by Gasteiger charge is -2.08. The Kier molecular flexibility index (Phi) is 4.74. The predicted octanol–water partition coefficient (Wildman–Crippen LogP) is 5.37. The summed E-state index contributed by atoms with van der Waals surface area (Å²) in [7, 11) is 1.66. The monoisotopic (exact) mass is 425 g/mol. The number of benzene rings is 2. The zero-order valence-corrected chi connectivity index (χ0v) is 17.0. The number of halogens is 1. The molecule has 2 aromatic heterocycles. The van der Waals surface area contributed by atoms with Gasteiger partial charge in [-0.3, -0.25) is 0 Å². The number of ether oxygens (including phenoxy) is 1. The van der Waals surface area contributed by atoms with Gasteiger partial charge in [-0.25, -0.2) is 0 Å². The van der Waals surface area contributed by atoms with Crippen LogP contribution in [0.15, 0.2) is 51.5 Å². The van der Waals surface area contributed by atoms with Crippen LogP contribution in [0.3, 0.4) is 0 Å². The number of H-pyrrole nitrogens is 1. The first-order valence-electron chi connectivity index (χ1n) is 8.78. The lowest BCUT2D eigenvalue weighted by molar-refractivity contribution is 0.378. The Morgan fingerprint density at radius 1 is 1.22 bits per heavy atom. The second-order valence-electron chi connectivity index (χ2n) is 6.64. The average molecular weight is 426 g/mol. The van der Waals surface area contributed by atoms with E-state index in [1.54, 1.807) is 7.11 Å². The first kappa shape index (κ1) is 17.8. The zero-order chi connectivity index (χ0) is 19.0. The number of hydrogen-bond acceptors (Lipinski definition) is 4. The van der Waals surface area contributed by atoms with Crippen molar-refractivity contribution in [1.29, 1.82) is 0 Å². The van der Waals surface area contributed by atoms with Gasteiger partial charge in [-0.2, -0.15) is 4.98 Å². The van der Waals surface area contributed by atoms with E-state index in [0.29, 0.717) is 18.1 Å². The molecule has 0 radical (unpaired) electrons. The van der Waals surface area contributed by atoms with Crippen LogP contribution in [0.1, 0.15) is 41.4 Å². The summed E-state index contributed by atoms with van der Waals surface area (Å²) in [6.07, 6.45) is 0.597. The lowest BCUT2D eigenvalue weighted by atomic mass is 10.0. The molecule has 0 aliphatic rings. The topological polar surface area (TPSA) is 63.9 Å². The molecular formula is C21H20BrN3O2. The van der Waals surface area contributed by atoms with Gasteiger partial charge in [0.25, 0.3) is 0 Å². The highest BCUT2D eigenvalue weighted by molar-refractivity contribution is 9.10. The summed E-state index contributed by atoms with van der Waals surface area (Å²) < 4.78 is 11.9. The van der Waals surface area contributed by atoms with Gasteiger partial charge in [0, 0.05) is 27.0 Å². The van der Waals surface area contributed by atoms with Crippen molar-refractivity contribution in [3.63, 3.8) is 0 Å². The van der Waals surface area contributed by atoms with Crippen molar-refractivity contribution in [2.45, 2.75) is 26.2 Å². The van der Waals surface area contributed by atoms with Crippen molar-refractivity contribution in [3.05, 3.63) is 75.5 Å². The van der Waals surface area contributed by atoms with E-state index in [4.69, 9.17) is 9.26 Å². The summed E-state index contributed by atoms with van der Waals surface area (Å²) >= 11 is 3.55. The number of aryl methyl sites for hydroxylation is 1. The van der Waals surface area contributed by atoms with Gasteiger partial charge < -0.3 is 14.2 Å². The number of methoxy groups -OCH3 is 1. The molecule has 0 aliphatic carbocycles. The van der Waals surface area contributed by atoms with Gasteiger partial charge in [0.2, 0.25) is 5.89 Å². The number of fused-ring (bicyclic) bond motifs is 1. The third kappa shape index (κ3) is 3.49. The zero-order valence-electron chi connectivity index (χ0n) is 15.4. The summed E-state index contributed by atoms with van der Waals surface area (Å²) in [6, 6.07) is 14.2. The molecule has 4 aromatic rings. The first-order chi connectivity index (χ1) is 13.0. The standard InChI is InChI=1S/C21H20BrN3O2/c1-12(14-5-4-6-16(9-14)26-3)21-24-20(27-25-21)11-17-13(2)23-19-8-7-15(22)10-18(17)19/h4-10,12,23H,11H2,1-3H3. The van der Waals surface area contributed by atoms with Crippen molar-refractivity contribution in [3.8, 4) is 5.75 Å². The van der Waals surface area contributed by atoms with Crippen LogP contribution >= 0.6 is 15.9 Å². The van der Waals surface area contributed by atoms with Crippen molar-refractivity contribution in [2.75, 3.05) is 7.11 Å². The molecule has 0 bridgehead atoms. The van der Waals surface area contributed by atoms with Crippen LogP contribution in [-0.2, 0) is 6.42 Å². The van der Waals surface area contributed by atoms with E-state index in [-0.39, 0.29) is 5.92 Å². The predicted molar refractivity (Wildman–Crippen MR) is 108 cm³/mol. The summed E-state index contributed by atoms with van der Waals surface area (Å²) in [4.78, 5) is 8.06. The summed E-state index contributed by atoms with van der Waals surface area (Å²) in [6.45, 7) is 4.14. The fraction of sp³-hybridized carbons (Fsp3) is 0.238. The van der Waals surface area contributed by atoms with Crippen LogP contribution in [0.5, 0.6) is 5.75 Å². The van der Waals surface area contributed by atoms with Crippen molar-refractivity contribution in [1.82, 2.24) is 15.1 Å². The molecule has 0 spiro atoms. The van der Waals surface area contributed by atoms with Crippen LogP contribution < -0.4 is 4.74 Å². The van der Waals surface area contributed by atoms with E-state index >= 15 is 0 Å². The number of aromatic nitrogens is 3. The summed E-state index contributed by atoms with van der Waals surface area (Å²) in [5, 5.41) is 5.38. The van der Waals surface area contributed by atoms with Gasteiger partial charge in [-0.15, -0.1) is 0 Å². The molecule has 4 rings (SSSR count). The van der Waals surface area contributed by atoms with Crippen molar-refractivity contribution >= 4 is 26.8 Å². The van der Waals surface area contributed by atoms with E-state index in [1.807, 2.05) is 30.3 Å². The fourth-order valence-corrected chi connectivity index (χ4v) is 3.67. The molecule has 1 atom stereocenters. The molecule has 1 N–H and O–H groups in total. The molecule has 1 unspecified atom stereocenters. The summed E-state index contributed by atoms with van der Waals surface area (Å²) in [5.41, 5.74) is 4.49. The molecule has 0 saturated heterocycles. The lowest BCUT2D eigenvalue weighted by Crippen LogP contribution is -1.99. The van der Waals surface area contributed by atoms with Crippen LogP contribution in [0.2, 0.25) is 0 Å². The van der Waals surface area contributed by atoms with Gasteiger partial charge in [0.1, 0.15) is 5.75 Å². The smallest absolute Gasteiger partial charge is 0.231 e. The van der Waals surface area contributed by atoms with Gasteiger partial charge in [0.15, 0.2) is 5.82 Å². The molecule has 27 heavy (non-hydrogen) atoms. The first-order valence-corrected chi connectivity index (χ1v) is 9.57. The van der Waals surface area contributed by atoms with Crippen molar-refractivity contribution < 1.29 is 9.26 Å². The fourth-order valence-electron chi connectivity index (χ4n) is 3.31. The molecule has 5 nitrogen and oxygen atoms in total. The van der Waals surface area contributed by atoms with Crippen LogP contribution in [0.25, 0.3) is 10.9 Å². The molecule has 2 aromatic carbocycles. The third-order valence-corrected chi connectivity index (χ3v) is 5.37. The number of nitrogens with one attached hydrogen (secondary N) is 1. The Bertz CT molecular complexity index is 1100. The van der Waals surface area contributed by atoms with Gasteiger partial charge in [0.05, 0.1) is 13.5 Å². The number of rotatable bonds is 5. The number of hydrogen-bond donors (Lipinski definition) is 1. The quantitative estimate of drug-likeness (QED) is 0.466. The maximum atomic E-state index is 5.55. The van der Waals surface area contributed by atoms with Gasteiger partial charge in [-0.1, -0.05) is 40.1 Å². The highest BCUT2D eigenvalue weighted by Crippen LogP contribution is 2.29. The molecule has 6 heteroatoms. The Morgan fingerprint density at radius 3 is 2.89 bits per heavy atom. The second kappa shape index (κ2) is 7.19. The Hall–Kier alpha value is -2.60.